The number of para-hydroxylation sites is 1. The molecule has 0 saturated carbocycles. The van der Waals surface area contributed by atoms with Crippen LogP contribution in [0.15, 0.2) is 41.1 Å². The maximum absolute atomic E-state index is 6.02. The van der Waals surface area contributed by atoms with Crippen molar-refractivity contribution in [1.82, 2.24) is 0 Å². The second kappa shape index (κ2) is 5.19. The third kappa shape index (κ3) is 2.98. The molecule has 0 aliphatic carbocycles. The normalized spacial score (nSPS) is 10.2. The largest absolute Gasteiger partial charge is 0.384 e. The smallest absolute Gasteiger partial charge is 0.0637 e. The fourth-order valence-corrected chi connectivity index (χ4v) is 2.29. The fraction of sp³-hybridized carbons (Fsp3) is 0.167. The van der Waals surface area contributed by atoms with E-state index in [2.05, 4.69) is 22.1 Å². The van der Waals surface area contributed by atoms with E-state index in [1.54, 1.807) is 11.3 Å². The summed E-state index contributed by atoms with van der Waals surface area (Å²) in [5.74, 6) is 0. The summed E-state index contributed by atoms with van der Waals surface area (Å²) >= 11 is 7.76. The van der Waals surface area contributed by atoms with Crippen molar-refractivity contribution in [3.63, 3.8) is 0 Å². The number of thiophene rings is 1. The van der Waals surface area contributed by atoms with Crippen molar-refractivity contribution in [2.75, 3.05) is 11.9 Å². The summed E-state index contributed by atoms with van der Waals surface area (Å²) in [6.45, 7) is 0.917. The van der Waals surface area contributed by atoms with E-state index >= 15 is 0 Å². The van der Waals surface area contributed by atoms with Gasteiger partial charge >= 0.3 is 0 Å². The Morgan fingerprint density at radius 3 is 2.80 bits per heavy atom. The number of halogens is 1. The van der Waals surface area contributed by atoms with Crippen molar-refractivity contribution < 1.29 is 0 Å². The molecule has 2 rings (SSSR count). The summed E-state index contributed by atoms with van der Waals surface area (Å²) in [6, 6.07) is 9.97. The number of benzene rings is 1. The summed E-state index contributed by atoms with van der Waals surface area (Å²) in [7, 11) is 0. The number of anilines is 1. The Kier molecular flexibility index (Phi) is 3.64. The van der Waals surface area contributed by atoms with Gasteiger partial charge in [0.25, 0.3) is 0 Å². The van der Waals surface area contributed by atoms with Crippen molar-refractivity contribution in [2.24, 2.45) is 0 Å². The average molecular weight is 238 g/mol. The highest BCUT2D eigenvalue weighted by molar-refractivity contribution is 7.07. The van der Waals surface area contributed by atoms with Crippen LogP contribution in [0.4, 0.5) is 5.69 Å². The van der Waals surface area contributed by atoms with Crippen molar-refractivity contribution in [1.29, 1.82) is 0 Å². The van der Waals surface area contributed by atoms with E-state index in [0.717, 1.165) is 23.7 Å². The molecule has 3 heteroatoms. The monoisotopic (exact) mass is 237 g/mol. The Balaban J connectivity index is 1.86. The Hall–Kier alpha value is -0.990. The topological polar surface area (TPSA) is 12.0 Å². The lowest BCUT2D eigenvalue weighted by Gasteiger charge is -2.06. The standard InChI is InChI=1S/C12H12ClNS/c13-11-3-1-2-4-12(11)14-7-5-10-6-8-15-9-10/h1-4,6,8-9,14H,5,7H2. The molecule has 0 bridgehead atoms. The van der Waals surface area contributed by atoms with Gasteiger partial charge in [0.2, 0.25) is 0 Å². The lowest BCUT2D eigenvalue weighted by atomic mass is 10.2. The molecule has 1 heterocycles. The number of hydrogen-bond acceptors (Lipinski definition) is 2. The molecular weight excluding hydrogens is 226 g/mol. The number of nitrogens with one attached hydrogen (secondary N) is 1. The summed E-state index contributed by atoms with van der Waals surface area (Å²) in [5.41, 5.74) is 2.38. The van der Waals surface area contributed by atoms with Gasteiger partial charge < -0.3 is 5.32 Å². The molecule has 0 unspecified atom stereocenters. The zero-order chi connectivity index (χ0) is 10.5. The quantitative estimate of drug-likeness (QED) is 0.846. The van der Waals surface area contributed by atoms with Gasteiger partial charge in [-0.2, -0.15) is 11.3 Å². The Morgan fingerprint density at radius 2 is 2.07 bits per heavy atom. The SMILES string of the molecule is Clc1ccccc1NCCc1ccsc1. The van der Waals surface area contributed by atoms with Crippen LogP contribution in [-0.2, 0) is 6.42 Å². The van der Waals surface area contributed by atoms with Crippen molar-refractivity contribution in [2.45, 2.75) is 6.42 Å². The predicted molar refractivity (Wildman–Crippen MR) is 68.0 cm³/mol. The average Bonchev–Trinajstić information content (AvgIpc) is 2.74. The fourth-order valence-electron chi connectivity index (χ4n) is 1.38. The van der Waals surface area contributed by atoms with E-state index in [1.165, 1.54) is 5.56 Å². The van der Waals surface area contributed by atoms with E-state index in [-0.39, 0.29) is 0 Å². The molecule has 1 aromatic carbocycles. The summed E-state index contributed by atoms with van der Waals surface area (Å²) < 4.78 is 0. The maximum Gasteiger partial charge on any atom is 0.0637 e. The highest BCUT2D eigenvalue weighted by atomic mass is 35.5. The van der Waals surface area contributed by atoms with Gasteiger partial charge in [0.05, 0.1) is 10.7 Å². The van der Waals surface area contributed by atoms with Crippen LogP contribution in [0.3, 0.4) is 0 Å². The molecule has 78 valence electrons. The van der Waals surface area contributed by atoms with Crippen LogP contribution in [0.5, 0.6) is 0 Å². The predicted octanol–water partition coefficient (Wildman–Crippen LogP) is 4.06. The molecular formula is C12H12ClNS. The third-order valence-corrected chi connectivity index (χ3v) is 3.24. The maximum atomic E-state index is 6.02. The van der Waals surface area contributed by atoms with Gasteiger partial charge in [-0.1, -0.05) is 23.7 Å². The molecule has 15 heavy (non-hydrogen) atoms. The minimum Gasteiger partial charge on any atom is -0.384 e. The first-order valence-electron chi connectivity index (χ1n) is 4.86. The molecule has 0 fully saturated rings. The summed E-state index contributed by atoms with van der Waals surface area (Å²) in [4.78, 5) is 0. The molecule has 1 nitrogen and oxygen atoms in total. The van der Waals surface area contributed by atoms with E-state index in [9.17, 15) is 0 Å². The molecule has 0 atom stereocenters. The first-order valence-corrected chi connectivity index (χ1v) is 6.18. The highest BCUT2D eigenvalue weighted by Gasteiger charge is 1.97. The molecule has 0 radical (unpaired) electrons. The number of rotatable bonds is 4. The van der Waals surface area contributed by atoms with Gasteiger partial charge in [0.15, 0.2) is 0 Å². The Labute approximate surface area is 98.7 Å². The lowest BCUT2D eigenvalue weighted by Crippen LogP contribution is -2.04. The molecule has 2 aromatic rings. The van der Waals surface area contributed by atoms with Crippen LogP contribution < -0.4 is 5.32 Å². The minimum absolute atomic E-state index is 0.780. The van der Waals surface area contributed by atoms with Gasteiger partial charge in [-0.05, 0) is 40.9 Å². The Morgan fingerprint density at radius 1 is 1.20 bits per heavy atom. The first kappa shape index (κ1) is 10.5. The van der Waals surface area contributed by atoms with Crippen molar-refractivity contribution in [3.8, 4) is 0 Å². The van der Waals surface area contributed by atoms with Crippen LogP contribution in [0.2, 0.25) is 5.02 Å². The van der Waals surface area contributed by atoms with Gasteiger partial charge in [-0.3, -0.25) is 0 Å². The van der Waals surface area contributed by atoms with Crippen molar-refractivity contribution >= 4 is 28.6 Å². The second-order valence-electron chi connectivity index (χ2n) is 3.29. The van der Waals surface area contributed by atoms with Crippen LogP contribution in [0.25, 0.3) is 0 Å². The van der Waals surface area contributed by atoms with Gasteiger partial charge in [0, 0.05) is 6.54 Å². The van der Waals surface area contributed by atoms with Crippen LogP contribution in [0.1, 0.15) is 5.56 Å². The van der Waals surface area contributed by atoms with Gasteiger partial charge in [-0.25, -0.2) is 0 Å². The lowest BCUT2D eigenvalue weighted by molar-refractivity contribution is 1.03. The van der Waals surface area contributed by atoms with E-state index < -0.39 is 0 Å². The van der Waals surface area contributed by atoms with E-state index in [0.29, 0.717) is 0 Å². The third-order valence-electron chi connectivity index (χ3n) is 2.18. The van der Waals surface area contributed by atoms with E-state index in [4.69, 9.17) is 11.6 Å². The molecule has 0 saturated heterocycles. The molecule has 0 aliphatic rings. The summed E-state index contributed by atoms with van der Waals surface area (Å²) in [5, 5.41) is 8.38. The zero-order valence-electron chi connectivity index (χ0n) is 8.24. The first-order chi connectivity index (χ1) is 7.36. The molecule has 1 aromatic heterocycles. The van der Waals surface area contributed by atoms with Gasteiger partial charge in [-0.15, -0.1) is 0 Å². The van der Waals surface area contributed by atoms with Crippen LogP contribution in [0, 0.1) is 0 Å². The van der Waals surface area contributed by atoms with Crippen LogP contribution in [-0.4, -0.2) is 6.54 Å². The van der Waals surface area contributed by atoms with Gasteiger partial charge in [0.1, 0.15) is 0 Å². The molecule has 0 amide bonds. The molecule has 0 spiro atoms. The highest BCUT2D eigenvalue weighted by Crippen LogP contribution is 2.20. The zero-order valence-corrected chi connectivity index (χ0v) is 9.81. The minimum atomic E-state index is 0.780. The molecule has 0 aliphatic heterocycles. The van der Waals surface area contributed by atoms with E-state index in [1.807, 2.05) is 24.3 Å². The summed E-state index contributed by atoms with van der Waals surface area (Å²) in [6.07, 6.45) is 1.04. The number of hydrogen-bond donors (Lipinski definition) is 1. The van der Waals surface area contributed by atoms with Crippen molar-refractivity contribution in [3.05, 3.63) is 51.7 Å². The Bertz CT molecular complexity index is 411. The second-order valence-corrected chi connectivity index (χ2v) is 4.48. The van der Waals surface area contributed by atoms with Crippen LogP contribution >= 0.6 is 22.9 Å². The molecule has 1 N–H and O–H groups in total.